The van der Waals surface area contributed by atoms with Crippen LogP contribution in [0.5, 0.6) is 0 Å². The molecule has 0 amide bonds. The van der Waals surface area contributed by atoms with Gasteiger partial charge in [0.25, 0.3) is 0 Å². The van der Waals surface area contributed by atoms with Crippen LogP contribution in [0, 0.1) is 5.92 Å². The fourth-order valence-corrected chi connectivity index (χ4v) is 2.70. The molecule has 100 valence electrons. The zero-order valence-electron chi connectivity index (χ0n) is 11.3. The number of anilines is 2. The maximum Gasteiger partial charge on any atom is 0.227 e. The minimum absolute atomic E-state index is 0.318. The zero-order chi connectivity index (χ0) is 13.0. The summed E-state index contributed by atoms with van der Waals surface area (Å²) in [5.41, 5.74) is 5.75. The molecule has 1 fully saturated rings. The van der Waals surface area contributed by atoms with Gasteiger partial charge in [-0.2, -0.15) is 15.0 Å². The van der Waals surface area contributed by atoms with Crippen LogP contribution in [0.25, 0.3) is 0 Å². The third-order valence-electron chi connectivity index (χ3n) is 3.77. The number of hydrogen-bond acceptors (Lipinski definition) is 5. The number of rotatable bonds is 4. The number of nitrogens with two attached hydrogens (primary N) is 1. The van der Waals surface area contributed by atoms with Gasteiger partial charge in [0.2, 0.25) is 11.9 Å². The first-order chi connectivity index (χ1) is 8.70. The van der Waals surface area contributed by atoms with E-state index in [9.17, 15) is 0 Å². The predicted molar refractivity (Wildman–Crippen MR) is 73.4 cm³/mol. The molecule has 0 saturated heterocycles. The van der Waals surface area contributed by atoms with Gasteiger partial charge < -0.3 is 11.1 Å². The zero-order valence-corrected chi connectivity index (χ0v) is 11.3. The molecule has 18 heavy (non-hydrogen) atoms. The van der Waals surface area contributed by atoms with Crippen molar-refractivity contribution in [2.24, 2.45) is 5.92 Å². The van der Waals surface area contributed by atoms with E-state index in [1.807, 2.05) is 6.92 Å². The molecule has 1 aliphatic rings. The molecule has 0 bridgehead atoms. The Morgan fingerprint density at radius 2 is 1.94 bits per heavy atom. The third-order valence-corrected chi connectivity index (χ3v) is 3.77. The molecule has 1 unspecified atom stereocenters. The van der Waals surface area contributed by atoms with Gasteiger partial charge >= 0.3 is 0 Å². The second-order valence-electron chi connectivity index (χ2n) is 5.09. The van der Waals surface area contributed by atoms with E-state index in [2.05, 4.69) is 27.2 Å². The van der Waals surface area contributed by atoms with Crippen molar-refractivity contribution >= 4 is 11.9 Å². The Hall–Kier alpha value is -1.39. The van der Waals surface area contributed by atoms with E-state index in [1.54, 1.807) is 0 Å². The first-order valence-corrected chi connectivity index (χ1v) is 6.96. The molecule has 1 atom stereocenters. The van der Waals surface area contributed by atoms with Gasteiger partial charge in [0.05, 0.1) is 0 Å². The van der Waals surface area contributed by atoms with Gasteiger partial charge in [0.15, 0.2) is 0 Å². The lowest BCUT2D eigenvalue weighted by molar-refractivity contribution is 0.309. The highest BCUT2D eigenvalue weighted by molar-refractivity contribution is 5.31. The Kier molecular flexibility index (Phi) is 4.33. The minimum Gasteiger partial charge on any atom is -0.368 e. The number of nitrogens with zero attached hydrogens (tertiary/aromatic N) is 3. The molecule has 2 rings (SSSR count). The fourth-order valence-electron chi connectivity index (χ4n) is 2.70. The Bertz CT molecular complexity index is 387. The lowest BCUT2D eigenvalue weighted by Crippen LogP contribution is -2.18. The molecular formula is C13H23N5. The van der Waals surface area contributed by atoms with E-state index in [0.29, 0.717) is 23.7 Å². The van der Waals surface area contributed by atoms with Gasteiger partial charge in [0.1, 0.15) is 5.82 Å². The highest BCUT2D eigenvalue weighted by Gasteiger charge is 2.24. The molecule has 3 N–H and O–H groups in total. The number of hydrogen-bond donors (Lipinski definition) is 2. The van der Waals surface area contributed by atoms with Crippen molar-refractivity contribution in [1.82, 2.24) is 15.0 Å². The molecule has 0 spiro atoms. The van der Waals surface area contributed by atoms with Gasteiger partial charge in [-0.05, 0) is 25.7 Å². The molecule has 1 aromatic rings. The summed E-state index contributed by atoms with van der Waals surface area (Å²) in [5.74, 6) is 2.81. The van der Waals surface area contributed by atoms with Crippen LogP contribution in [-0.4, -0.2) is 21.5 Å². The second-order valence-corrected chi connectivity index (χ2v) is 5.09. The van der Waals surface area contributed by atoms with Crippen molar-refractivity contribution in [2.75, 3.05) is 17.6 Å². The Morgan fingerprint density at radius 3 is 2.61 bits per heavy atom. The van der Waals surface area contributed by atoms with Crippen molar-refractivity contribution in [2.45, 2.75) is 51.9 Å². The molecule has 1 aromatic heterocycles. The van der Waals surface area contributed by atoms with Crippen molar-refractivity contribution in [3.8, 4) is 0 Å². The SMILES string of the molecule is CCNc1nc(N)nc(C(C)C2CCCCC2)n1. The normalized spacial score (nSPS) is 18.6. The highest BCUT2D eigenvalue weighted by Crippen LogP contribution is 2.34. The van der Waals surface area contributed by atoms with Gasteiger partial charge in [-0.1, -0.05) is 26.2 Å². The molecule has 1 aliphatic carbocycles. The van der Waals surface area contributed by atoms with E-state index in [1.165, 1.54) is 32.1 Å². The predicted octanol–water partition coefficient (Wildman–Crippen LogP) is 2.57. The maximum absolute atomic E-state index is 5.75. The number of nitrogen functional groups attached to an aromatic ring is 1. The summed E-state index contributed by atoms with van der Waals surface area (Å²) in [6, 6.07) is 0. The smallest absolute Gasteiger partial charge is 0.227 e. The second kappa shape index (κ2) is 5.98. The summed E-state index contributed by atoms with van der Waals surface area (Å²) in [6.45, 7) is 5.02. The van der Waals surface area contributed by atoms with Gasteiger partial charge in [-0.3, -0.25) is 0 Å². The maximum atomic E-state index is 5.75. The van der Waals surface area contributed by atoms with Crippen LogP contribution in [-0.2, 0) is 0 Å². The summed E-state index contributed by atoms with van der Waals surface area (Å²) < 4.78 is 0. The molecule has 0 radical (unpaired) electrons. The Labute approximate surface area is 109 Å². The van der Waals surface area contributed by atoms with Gasteiger partial charge in [-0.15, -0.1) is 0 Å². The summed E-state index contributed by atoms with van der Waals surface area (Å²) >= 11 is 0. The molecule has 5 heteroatoms. The van der Waals surface area contributed by atoms with Crippen LogP contribution in [0.15, 0.2) is 0 Å². The van der Waals surface area contributed by atoms with Crippen LogP contribution in [0.2, 0.25) is 0 Å². The fraction of sp³-hybridized carbons (Fsp3) is 0.769. The van der Waals surface area contributed by atoms with Gasteiger partial charge in [-0.25, -0.2) is 0 Å². The average Bonchev–Trinajstić information content (AvgIpc) is 2.38. The van der Waals surface area contributed by atoms with Crippen molar-refractivity contribution < 1.29 is 0 Å². The van der Waals surface area contributed by atoms with Crippen LogP contribution < -0.4 is 11.1 Å². The quantitative estimate of drug-likeness (QED) is 0.857. The summed E-state index contributed by atoms with van der Waals surface area (Å²) in [7, 11) is 0. The summed E-state index contributed by atoms with van der Waals surface area (Å²) in [5, 5.41) is 3.10. The Balaban J connectivity index is 2.15. The molecule has 1 saturated carbocycles. The lowest BCUT2D eigenvalue weighted by atomic mass is 9.80. The highest BCUT2D eigenvalue weighted by atomic mass is 15.2. The Morgan fingerprint density at radius 1 is 1.22 bits per heavy atom. The first kappa shape index (κ1) is 13.1. The third kappa shape index (κ3) is 3.09. The van der Waals surface area contributed by atoms with Crippen LogP contribution in [0.4, 0.5) is 11.9 Å². The van der Waals surface area contributed by atoms with Crippen molar-refractivity contribution in [1.29, 1.82) is 0 Å². The number of aromatic nitrogens is 3. The largest absolute Gasteiger partial charge is 0.368 e. The van der Waals surface area contributed by atoms with Crippen LogP contribution in [0.3, 0.4) is 0 Å². The average molecular weight is 249 g/mol. The van der Waals surface area contributed by atoms with Crippen molar-refractivity contribution in [3.63, 3.8) is 0 Å². The molecular weight excluding hydrogens is 226 g/mol. The lowest BCUT2D eigenvalue weighted by Gasteiger charge is -2.26. The van der Waals surface area contributed by atoms with Gasteiger partial charge in [0, 0.05) is 12.5 Å². The molecule has 0 aliphatic heterocycles. The van der Waals surface area contributed by atoms with E-state index in [0.717, 1.165) is 12.4 Å². The van der Waals surface area contributed by atoms with Crippen LogP contribution in [0.1, 0.15) is 57.7 Å². The molecule has 1 heterocycles. The molecule has 0 aromatic carbocycles. The standard InChI is InChI=1S/C13H23N5/c1-3-15-13-17-11(16-12(14)18-13)9(2)10-7-5-4-6-8-10/h9-10H,3-8H2,1-2H3,(H3,14,15,16,17,18). The first-order valence-electron chi connectivity index (χ1n) is 6.96. The summed E-state index contributed by atoms with van der Waals surface area (Å²) in [6.07, 6.45) is 6.59. The minimum atomic E-state index is 0.318. The monoisotopic (exact) mass is 249 g/mol. The van der Waals surface area contributed by atoms with E-state index in [4.69, 9.17) is 5.73 Å². The van der Waals surface area contributed by atoms with Crippen LogP contribution >= 0.6 is 0 Å². The van der Waals surface area contributed by atoms with E-state index in [-0.39, 0.29) is 0 Å². The summed E-state index contributed by atoms with van der Waals surface area (Å²) in [4.78, 5) is 12.9. The molecule has 5 nitrogen and oxygen atoms in total. The van der Waals surface area contributed by atoms with Crippen molar-refractivity contribution in [3.05, 3.63) is 5.82 Å². The van der Waals surface area contributed by atoms with E-state index >= 15 is 0 Å². The number of nitrogens with one attached hydrogen (secondary N) is 1. The van der Waals surface area contributed by atoms with E-state index < -0.39 is 0 Å². The topological polar surface area (TPSA) is 76.7 Å².